The van der Waals surface area contributed by atoms with Crippen LogP contribution in [0.4, 0.5) is 0 Å². The molecule has 47 heavy (non-hydrogen) atoms. The molecule has 0 bridgehead atoms. The van der Waals surface area contributed by atoms with Crippen molar-refractivity contribution in [2.24, 2.45) is 0 Å². The minimum absolute atomic E-state index is 0.581. The molecule has 0 aliphatic carbocycles. The molecule has 1 saturated heterocycles. The molecular weight excluding hydrogens is 826 g/mol. The van der Waals surface area contributed by atoms with E-state index in [1.165, 1.54) is 50.7 Å². The summed E-state index contributed by atoms with van der Waals surface area (Å²) < 4.78 is 15.1. The summed E-state index contributed by atoms with van der Waals surface area (Å²) in [6.07, 6.45) is 8.75. The van der Waals surface area contributed by atoms with Crippen LogP contribution in [0.1, 0.15) is 23.6 Å². The van der Waals surface area contributed by atoms with E-state index in [0.717, 1.165) is 15.8 Å². The van der Waals surface area contributed by atoms with Gasteiger partial charge in [0.25, 0.3) is 0 Å². The molecule has 0 atom stereocenters. The van der Waals surface area contributed by atoms with Crippen LogP contribution in [-0.4, -0.2) is 13.2 Å². The van der Waals surface area contributed by atoms with Crippen LogP contribution < -0.4 is 15.9 Å². The first-order valence-electron chi connectivity index (χ1n) is 15.4. The molecule has 4 heterocycles. The van der Waals surface area contributed by atoms with Crippen molar-refractivity contribution in [1.82, 2.24) is 0 Å². The van der Waals surface area contributed by atoms with Gasteiger partial charge in [-0.1, -0.05) is 6.08 Å². The van der Waals surface area contributed by atoms with Crippen molar-refractivity contribution in [3.63, 3.8) is 0 Å². The van der Waals surface area contributed by atoms with E-state index >= 15 is 0 Å². The van der Waals surface area contributed by atoms with Crippen LogP contribution in [0.3, 0.4) is 0 Å². The standard InChI is InChI=1S/C41H31OPS3.Os/c1-4-15-36-25-38-40(44-36)41-39(46-38)26-37(45-41)23-22-31(24-32-28-42-27-30(32)5-2)29(3)43(33-16-9-6-10-17-33,34-18-11-7-12-19-34)35-20-13-8-14-21-35;/h4-21,24-26H,27-28H2,1-2H3;/q+1;/b15-4+,30-5?,31-29?,32-24?;. The van der Waals surface area contributed by atoms with Gasteiger partial charge in [-0.05, 0) is 6.92 Å². The number of allylic oxidation sites excluding steroid dienone is 5. The normalized spacial score (nSPS) is 15.8. The van der Waals surface area contributed by atoms with Crippen LogP contribution >= 0.6 is 41.3 Å². The molecule has 0 amide bonds. The van der Waals surface area contributed by atoms with Gasteiger partial charge >= 0.3 is 288 Å². The average molecular weight is 857 g/mol. The van der Waals surface area contributed by atoms with Gasteiger partial charge in [-0.3, -0.25) is 0 Å². The Bertz CT molecular complexity index is 2200. The van der Waals surface area contributed by atoms with E-state index in [9.17, 15) is 0 Å². The number of thiophene rings is 3. The molecule has 1 aliphatic rings. The second-order valence-corrected chi connectivity index (χ2v) is 18.2. The van der Waals surface area contributed by atoms with Crippen LogP contribution in [0.5, 0.6) is 0 Å². The van der Waals surface area contributed by atoms with Gasteiger partial charge in [0.15, 0.2) is 0 Å². The molecule has 1 fully saturated rings. The van der Waals surface area contributed by atoms with Crippen LogP contribution in [0.2, 0.25) is 0 Å². The monoisotopic (exact) mass is 858 g/mol. The fourth-order valence-electron chi connectivity index (χ4n) is 6.06. The zero-order valence-corrected chi connectivity index (χ0v) is 31.9. The Kier molecular flexibility index (Phi) is 9.85. The van der Waals surface area contributed by atoms with E-state index in [1.807, 2.05) is 22.7 Å². The first-order valence-corrected chi connectivity index (χ1v) is 20.9. The van der Waals surface area contributed by atoms with E-state index < -0.39 is 7.26 Å². The summed E-state index contributed by atoms with van der Waals surface area (Å²) in [5.74, 6) is 7.39. The van der Waals surface area contributed by atoms with Crippen molar-refractivity contribution < 1.29 is 22.7 Å². The van der Waals surface area contributed by atoms with Crippen LogP contribution in [0.25, 0.3) is 24.9 Å². The summed E-state index contributed by atoms with van der Waals surface area (Å²) in [4.78, 5) is 2.38. The molecule has 6 aromatic rings. The molecule has 6 heteroatoms. The molecule has 0 spiro atoms. The van der Waals surface area contributed by atoms with E-state index in [2.05, 4.69) is 157 Å². The zero-order chi connectivity index (χ0) is 32.2. The summed E-state index contributed by atoms with van der Waals surface area (Å²) >= 11 is 7.33. The van der Waals surface area contributed by atoms with Gasteiger partial charge in [-0.2, -0.15) is 0 Å². The number of benzene rings is 3. The quantitative estimate of drug-likeness (QED) is 0.120. The van der Waals surface area contributed by atoms with Gasteiger partial charge in [0.1, 0.15) is 0 Å². The second-order valence-electron chi connectivity index (χ2n) is 11.0. The number of hydrogen-bond acceptors (Lipinski definition) is 4. The molecule has 3 aromatic heterocycles. The predicted octanol–water partition coefficient (Wildman–Crippen LogP) is 10.2. The fraction of sp³-hybridized carbons (Fsp3) is 0.0976. The van der Waals surface area contributed by atoms with Crippen molar-refractivity contribution in [2.45, 2.75) is 13.8 Å². The Labute approximate surface area is 299 Å². The van der Waals surface area contributed by atoms with Crippen LogP contribution in [-0.2, 0) is 22.7 Å². The van der Waals surface area contributed by atoms with E-state index in [1.54, 1.807) is 29.3 Å². The Morgan fingerprint density at radius 2 is 1.32 bits per heavy atom. The molecule has 0 radical (unpaired) electrons. The Morgan fingerprint density at radius 3 is 1.89 bits per heavy atom. The molecule has 0 saturated carbocycles. The van der Waals surface area contributed by atoms with Crippen molar-refractivity contribution >= 4 is 82.1 Å². The molecule has 1 aliphatic heterocycles. The summed E-state index contributed by atoms with van der Waals surface area (Å²) in [6, 6.07) is 37.5. The summed E-state index contributed by atoms with van der Waals surface area (Å²) in [6.45, 7) is 5.37. The zero-order valence-electron chi connectivity index (χ0n) is 26.0. The van der Waals surface area contributed by atoms with Crippen molar-refractivity contribution in [1.29, 1.82) is 0 Å². The second kappa shape index (κ2) is 14.4. The van der Waals surface area contributed by atoms with Crippen molar-refractivity contribution in [3.05, 3.63) is 153 Å². The first kappa shape index (κ1) is 32.2. The Morgan fingerprint density at radius 1 is 0.745 bits per heavy atom. The first-order chi connectivity index (χ1) is 23.1. The number of fused-ring (bicyclic) bond motifs is 3. The molecule has 0 N–H and O–H groups in total. The van der Waals surface area contributed by atoms with Crippen LogP contribution in [0.15, 0.2) is 143 Å². The number of rotatable bonds is 6. The maximum absolute atomic E-state index is 5.95. The molecule has 231 valence electrons. The van der Waals surface area contributed by atoms with Gasteiger partial charge in [0, 0.05) is 0 Å². The minimum atomic E-state index is -2.41. The van der Waals surface area contributed by atoms with E-state index in [-0.39, 0.29) is 0 Å². The fourth-order valence-corrected chi connectivity index (χ4v) is 15.7. The molecule has 3 aromatic carbocycles. The number of hydrogen-bond donors (Lipinski definition) is 0. The molecule has 1 nitrogen and oxygen atoms in total. The third-order valence-electron chi connectivity index (χ3n) is 8.19. The third kappa shape index (κ3) is 6.18. The summed E-state index contributed by atoms with van der Waals surface area (Å²) in [5, 5.41) is 5.00. The topological polar surface area (TPSA) is 9.23 Å². The molecule has 0 unspecified atom stereocenters. The van der Waals surface area contributed by atoms with Crippen molar-refractivity contribution in [3.8, 4) is 16.2 Å². The molecule has 7 rings (SSSR count). The van der Waals surface area contributed by atoms with E-state index in [4.69, 9.17) is 4.74 Å². The van der Waals surface area contributed by atoms with Gasteiger partial charge in [-0.25, -0.2) is 0 Å². The summed E-state index contributed by atoms with van der Waals surface area (Å²) in [7, 11) is -2.41. The molecular formula is C41H31OOsPS3+. The van der Waals surface area contributed by atoms with Crippen molar-refractivity contribution in [2.75, 3.05) is 13.2 Å². The average Bonchev–Trinajstić information content (AvgIpc) is 3.89. The van der Waals surface area contributed by atoms with Gasteiger partial charge in [0.2, 0.25) is 0 Å². The van der Waals surface area contributed by atoms with Gasteiger partial charge < -0.3 is 0 Å². The number of ether oxygens (including phenoxy) is 1. The van der Waals surface area contributed by atoms with E-state index in [0.29, 0.717) is 13.2 Å². The summed E-state index contributed by atoms with van der Waals surface area (Å²) in [5.41, 5.74) is 3.40. The predicted molar refractivity (Wildman–Crippen MR) is 205 cm³/mol. The SMILES string of the molecule is CC=C1COCC1=CC(C#Cc1cc2sc3cc(/C=C/C)sc3c2s1)=C([C]#[Os])[P+](c1ccccc1)(c1ccccc1)c1ccccc1. The van der Waals surface area contributed by atoms with Gasteiger partial charge in [-0.15, -0.1) is 0 Å². The maximum atomic E-state index is 5.95. The third-order valence-corrected chi connectivity index (χ3v) is 17.2. The Hall–Kier alpha value is -3.39. The van der Waals surface area contributed by atoms with Crippen LogP contribution in [0, 0.1) is 16.2 Å². The Balaban J connectivity index is 1.51. The van der Waals surface area contributed by atoms with Gasteiger partial charge in [0.05, 0.1) is 0 Å².